The van der Waals surface area contributed by atoms with Gasteiger partial charge in [0.2, 0.25) is 5.91 Å². The topological polar surface area (TPSA) is 57.6 Å². The summed E-state index contributed by atoms with van der Waals surface area (Å²) in [4.78, 5) is 24.8. The van der Waals surface area contributed by atoms with Crippen molar-refractivity contribution in [1.29, 1.82) is 0 Å². The fraction of sp³-hybridized carbons (Fsp3) is 0.857. The first-order valence-corrected chi connectivity index (χ1v) is 7.18. The molecule has 0 aromatic carbocycles. The second-order valence-corrected chi connectivity index (χ2v) is 5.65. The zero-order valence-electron chi connectivity index (χ0n) is 10.9. The molecule has 2 aliphatic rings. The fourth-order valence-electron chi connectivity index (χ4n) is 2.80. The second kappa shape index (κ2) is 6.21. The molecule has 1 saturated heterocycles. The van der Waals surface area contributed by atoms with E-state index in [1.165, 1.54) is 12.8 Å². The molecule has 1 aliphatic carbocycles. The minimum atomic E-state index is -0.758. The van der Waals surface area contributed by atoms with E-state index in [1.807, 2.05) is 4.90 Å². The summed E-state index contributed by atoms with van der Waals surface area (Å²) in [6.07, 6.45) is 8.22. The number of piperidine rings is 1. The van der Waals surface area contributed by atoms with Gasteiger partial charge in [-0.1, -0.05) is 12.8 Å². The van der Waals surface area contributed by atoms with Gasteiger partial charge in [0.15, 0.2) is 0 Å². The number of nitrogens with zero attached hydrogens (tertiary/aromatic N) is 1. The van der Waals surface area contributed by atoms with E-state index in [0.29, 0.717) is 12.8 Å². The molecule has 4 nitrogen and oxygen atoms in total. The summed E-state index contributed by atoms with van der Waals surface area (Å²) in [5.41, 5.74) is 0. The van der Waals surface area contributed by atoms with E-state index in [0.717, 1.165) is 38.1 Å². The summed E-state index contributed by atoms with van der Waals surface area (Å²) >= 11 is 0. The van der Waals surface area contributed by atoms with Gasteiger partial charge in [-0.3, -0.25) is 9.59 Å². The number of amides is 1. The van der Waals surface area contributed by atoms with Crippen LogP contribution in [-0.2, 0) is 9.59 Å². The van der Waals surface area contributed by atoms with Crippen molar-refractivity contribution in [2.24, 2.45) is 5.92 Å². The monoisotopic (exact) mass is 253 g/mol. The number of aliphatic carboxylic acids is 1. The third kappa shape index (κ3) is 4.00. The molecule has 102 valence electrons. The lowest BCUT2D eigenvalue weighted by Gasteiger charge is -2.35. The molecular weight excluding hydrogens is 230 g/mol. The minimum absolute atomic E-state index is 0.168. The third-order valence-corrected chi connectivity index (χ3v) is 4.10. The first-order valence-electron chi connectivity index (χ1n) is 7.18. The van der Waals surface area contributed by atoms with Crippen LogP contribution >= 0.6 is 0 Å². The van der Waals surface area contributed by atoms with Gasteiger partial charge in [0.1, 0.15) is 0 Å². The molecule has 18 heavy (non-hydrogen) atoms. The highest BCUT2D eigenvalue weighted by atomic mass is 16.4. The number of likely N-dealkylation sites (tertiary alicyclic amines) is 1. The molecule has 4 heteroatoms. The molecule has 1 unspecified atom stereocenters. The first kappa shape index (κ1) is 13.4. The summed E-state index contributed by atoms with van der Waals surface area (Å²) in [6, 6.07) is 0.168. The molecule has 2 fully saturated rings. The summed E-state index contributed by atoms with van der Waals surface area (Å²) in [7, 11) is 0. The van der Waals surface area contributed by atoms with Gasteiger partial charge in [0.25, 0.3) is 0 Å². The van der Waals surface area contributed by atoms with Crippen molar-refractivity contribution < 1.29 is 14.7 Å². The highest BCUT2D eigenvalue weighted by molar-refractivity contribution is 5.76. The molecule has 1 N–H and O–H groups in total. The van der Waals surface area contributed by atoms with Gasteiger partial charge in [-0.2, -0.15) is 0 Å². The van der Waals surface area contributed by atoms with Crippen LogP contribution in [0.5, 0.6) is 0 Å². The van der Waals surface area contributed by atoms with E-state index < -0.39 is 5.97 Å². The van der Waals surface area contributed by atoms with Gasteiger partial charge in [-0.15, -0.1) is 0 Å². The van der Waals surface area contributed by atoms with E-state index in [-0.39, 0.29) is 18.4 Å². The average molecular weight is 253 g/mol. The Bertz CT molecular complexity index is 312. The van der Waals surface area contributed by atoms with E-state index in [4.69, 9.17) is 5.11 Å². The number of carboxylic acid groups (broad SMARTS) is 1. The molecule has 1 saturated carbocycles. The van der Waals surface area contributed by atoms with Crippen molar-refractivity contribution in [2.45, 2.75) is 63.8 Å². The van der Waals surface area contributed by atoms with Gasteiger partial charge >= 0.3 is 5.97 Å². The molecule has 0 radical (unpaired) electrons. The van der Waals surface area contributed by atoms with Crippen LogP contribution < -0.4 is 0 Å². The molecule has 0 aromatic heterocycles. The Morgan fingerprint density at radius 3 is 2.50 bits per heavy atom. The van der Waals surface area contributed by atoms with Gasteiger partial charge in [0.05, 0.1) is 0 Å². The average Bonchev–Trinajstić information content (AvgIpc) is 3.18. The maximum Gasteiger partial charge on any atom is 0.303 e. The molecule has 2 rings (SSSR count). The molecular formula is C14H23NO3. The van der Waals surface area contributed by atoms with E-state index >= 15 is 0 Å². The molecule has 1 amide bonds. The molecule has 1 aliphatic heterocycles. The number of carbonyl (C=O) groups excluding carboxylic acids is 1. The predicted molar refractivity (Wildman–Crippen MR) is 68.2 cm³/mol. The number of carboxylic acids is 1. The normalized spacial score (nSPS) is 24.0. The predicted octanol–water partition coefficient (Wildman–Crippen LogP) is 2.42. The van der Waals surface area contributed by atoms with E-state index in [9.17, 15) is 9.59 Å². The lowest BCUT2D eigenvalue weighted by atomic mass is 9.97. The lowest BCUT2D eigenvalue weighted by molar-refractivity contribution is -0.140. The molecule has 0 bridgehead atoms. The van der Waals surface area contributed by atoms with Crippen LogP contribution in [0.4, 0.5) is 0 Å². The molecule has 0 spiro atoms. The summed E-state index contributed by atoms with van der Waals surface area (Å²) in [6.45, 7) is 0.827. The van der Waals surface area contributed by atoms with Crippen molar-refractivity contribution >= 4 is 11.9 Å². The summed E-state index contributed by atoms with van der Waals surface area (Å²) in [5, 5.41) is 8.75. The van der Waals surface area contributed by atoms with E-state index in [1.54, 1.807) is 0 Å². The molecule has 1 heterocycles. The van der Waals surface area contributed by atoms with Crippen LogP contribution in [0.2, 0.25) is 0 Å². The zero-order valence-corrected chi connectivity index (χ0v) is 10.9. The smallest absolute Gasteiger partial charge is 0.303 e. The van der Waals surface area contributed by atoms with E-state index in [2.05, 4.69) is 0 Å². The Morgan fingerprint density at radius 2 is 1.83 bits per heavy atom. The van der Waals surface area contributed by atoms with Gasteiger partial charge in [0, 0.05) is 25.4 Å². The first-order chi connectivity index (χ1) is 8.66. The Hall–Kier alpha value is -1.06. The van der Waals surface area contributed by atoms with Crippen LogP contribution in [0.1, 0.15) is 57.8 Å². The van der Waals surface area contributed by atoms with Crippen molar-refractivity contribution in [1.82, 2.24) is 4.90 Å². The highest BCUT2D eigenvalue weighted by Gasteiger charge is 2.28. The molecule has 0 aromatic rings. The van der Waals surface area contributed by atoms with Gasteiger partial charge in [-0.05, 0) is 38.0 Å². The Kier molecular flexibility index (Phi) is 4.61. The Morgan fingerprint density at radius 1 is 1.06 bits per heavy atom. The number of hydrogen-bond acceptors (Lipinski definition) is 2. The Labute approximate surface area is 108 Å². The van der Waals surface area contributed by atoms with Crippen molar-refractivity contribution in [2.75, 3.05) is 6.54 Å². The van der Waals surface area contributed by atoms with Crippen LogP contribution in [0.3, 0.4) is 0 Å². The van der Waals surface area contributed by atoms with Crippen molar-refractivity contribution in [3.05, 3.63) is 0 Å². The largest absolute Gasteiger partial charge is 0.481 e. The van der Waals surface area contributed by atoms with Crippen molar-refractivity contribution in [3.8, 4) is 0 Å². The lowest BCUT2D eigenvalue weighted by Crippen LogP contribution is -2.43. The van der Waals surface area contributed by atoms with Crippen molar-refractivity contribution in [3.63, 3.8) is 0 Å². The van der Waals surface area contributed by atoms with Crippen LogP contribution in [-0.4, -0.2) is 34.5 Å². The van der Waals surface area contributed by atoms with Crippen LogP contribution in [0.15, 0.2) is 0 Å². The standard InChI is InChI=1S/C14H23NO3/c16-13(8-6-11-4-5-11)15-10-2-1-3-12(15)7-9-14(17)18/h11-12H,1-10H2,(H,17,18). The number of carbonyl (C=O) groups is 2. The minimum Gasteiger partial charge on any atom is -0.481 e. The quantitative estimate of drug-likeness (QED) is 0.791. The van der Waals surface area contributed by atoms with Gasteiger partial charge < -0.3 is 10.0 Å². The number of hydrogen-bond donors (Lipinski definition) is 1. The fourth-order valence-corrected chi connectivity index (χ4v) is 2.80. The zero-order chi connectivity index (χ0) is 13.0. The molecule has 1 atom stereocenters. The second-order valence-electron chi connectivity index (χ2n) is 5.65. The maximum atomic E-state index is 12.2. The summed E-state index contributed by atoms with van der Waals surface area (Å²) < 4.78 is 0. The third-order valence-electron chi connectivity index (χ3n) is 4.10. The van der Waals surface area contributed by atoms with Crippen LogP contribution in [0.25, 0.3) is 0 Å². The van der Waals surface area contributed by atoms with Crippen LogP contribution in [0, 0.1) is 5.92 Å². The summed E-state index contributed by atoms with van der Waals surface area (Å²) in [5.74, 6) is 0.277. The number of rotatable bonds is 6. The highest BCUT2D eigenvalue weighted by Crippen LogP contribution is 2.34. The van der Waals surface area contributed by atoms with Gasteiger partial charge in [-0.25, -0.2) is 0 Å². The Balaban J connectivity index is 1.80. The SMILES string of the molecule is O=C(O)CCC1CCCCN1C(=O)CCC1CC1. The maximum absolute atomic E-state index is 12.2.